The second-order valence-electron chi connectivity index (χ2n) is 7.65. The topological polar surface area (TPSA) is 121 Å². The molecule has 168 valence electrons. The van der Waals surface area contributed by atoms with Gasteiger partial charge in [-0.25, -0.2) is 18.1 Å². The largest absolute Gasteiger partial charge is 0.325 e. The number of hydrogen-bond donors (Lipinski definition) is 3. The highest BCUT2D eigenvalue weighted by molar-refractivity contribution is 7.89. The number of aryl methyl sites for hydroxylation is 1. The molecule has 3 N–H and O–H groups in total. The maximum atomic E-state index is 12.5. The Morgan fingerprint density at radius 1 is 1.03 bits per heavy atom. The Balaban J connectivity index is 1.92. The van der Waals surface area contributed by atoms with Crippen LogP contribution in [0.25, 0.3) is 0 Å². The molecular formula is C21H29N5O4S. The Hall–Kier alpha value is -2.82. The Morgan fingerprint density at radius 3 is 2.23 bits per heavy atom. The first kappa shape index (κ1) is 24.4. The molecule has 2 rings (SSSR count). The molecule has 0 saturated carbocycles. The van der Waals surface area contributed by atoms with Crippen LogP contribution in [0.15, 0.2) is 47.5 Å². The summed E-state index contributed by atoms with van der Waals surface area (Å²) in [6.45, 7) is 7.06. The molecule has 1 atom stereocenters. The number of aromatic nitrogens is 1. The fourth-order valence-electron chi connectivity index (χ4n) is 2.63. The van der Waals surface area contributed by atoms with Gasteiger partial charge in [-0.2, -0.15) is 0 Å². The molecule has 0 fully saturated rings. The monoisotopic (exact) mass is 447 g/mol. The summed E-state index contributed by atoms with van der Waals surface area (Å²) >= 11 is 0. The molecule has 0 saturated heterocycles. The Kier molecular flexibility index (Phi) is 8.26. The molecule has 1 unspecified atom stereocenters. The molecule has 31 heavy (non-hydrogen) atoms. The van der Waals surface area contributed by atoms with Crippen molar-refractivity contribution in [3.63, 3.8) is 0 Å². The lowest BCUT2D eigenvalue weighted by Gasteiger charge is -2.23. The van der Waals surface area contributed by atoms with Gasteiger partial charge in [-0.15, -0.1) is 0 Å². The minimum atomic E-state index is -3.60. The number of likely N-dealkylation sites (N-methyl/N-ethyl adjacent to an activating group) is 1. The van der Waals surface area contributed by atoms with Crippen LogP contribution in [0.3, 0.4) is 0 Å². The van der Waals surface area contributed by atoms with Gasteiger partial charge >= 0.3 is 0 Å². The molecule has 0 aliphatic heterocycles. The quantitative estimate of drug-likeness (QED) is 0.541. The highest BCUT2D eigenvalue weighted by atomic mass is 32.2. The van der Waals surface area contributed by atoms with Crippen molar-refractivity contribution in [3.05, 3.63) is 48.2 Å². The van der Waals surface area contributed by atoms with Crippen LogP contribution in [0.4, 0.5) is 11.5 Å². The number of nitrogens with one attached hydrogen (secondary N) is 3. The molecule has 9 nitrogen and oxygen atoms in total. The van der Waals surface area contributed by atoms with Crippen LogP contribution in [-0.4, -0.2) is 55.8 Å². The van der Waals surface area contributed by atoms with Crippen molar-refractivity contribution in [1.29, 1.82) is 0 Å². The number of rotatable bonds is 9. The first-order chi connectivity index (χ1) is 14.5. The highest BCUT2D eigenvalue weighted by Crippen LogP contribution is 2.15. The van der Waals surface area contributed by atoms with Crippen molar-refractivity contribution < 1.29 is 18.0 Å². The van der Waals surface area contributed by atoms with Crippen LogP contribution in [-0.2, 0) is 19.6 Å². The second-order valence-corrected chi connectivity index (χ2v) is 9.36. The number of hydrogen-bond acceptors (Lipinski definition) is 6. The molecule has 0 aliphatic carbocycles. The SMILES string of the molecule is Cc1ccc(NC(=O)CN(C)C(C)C(=O)Nc2ccc(S(=O)(=O)NC(C)C)cc2)nc1. The van der Waals surface area contributed by atoms with Gasteiger partial charge in [0, 0.05) is 17.9 Å². The molecule has 2 amide bonds. The fraction of sp³-hybridized carbons (Fsp3) is 0.381. The van der Waals surface area contributed by atoms with E-state index in [-0.39, 0.29) is 29.3 Å². The zero-order chi connectivity index (χ0) is 23.2. The van der Waals surface area contributed by atoms with E-state index in [4.69, 9.17) is 0 Å². The average Bonchev–Trinajstić information content (AvgIpc) is 2.68. The van der Waals surface area contributed by atoms with Gasteiger partial charge in [-0.3, -0.25) is 14.5 Å². The van der Waals surface area contributed by atoms with Crippen LogP contribution in [0.1, 0.15) is 26.3 Å². The number of carbonyl (C=O) groups is 2. The van der Waals surface area contributed by atoms with E-state index in [1.165, 1.54) is 24.3 Å². The van der Waals surface area contributed by atoms with Gasteiger partial charge < -0.3 is 10.6 Å². The Bertz CT molecular complexity index is 1010. The third-order valence-corrected chi connectivity index (χ3v) is 6.11. The summed E-state index contributed by atoms with van der Waals surface area (Å²) in [5.41, 5.74) is 1.45. The van der Waals surface area contributed by atoms with E-state index in [1.54, 1.807) is 45.0 Å². The smallest absolute Gasteiger partial charge is 0.241 e. The van der Waals surface area contributed by atoms with Crippen molar-refractivity contribution in [2.75, 3.05) is 24.2 Å². The first-order valence-corrected chi connectivity index (χ1v) is 11.3. The maximum absolute atomic E-state index is 12.5. The minimum Gasteiger partial charge on any atom is -0.325 e. The van der Waals surface area contributed by atoms with Gasteiger partial charge in [0.15, 0.2) is 0 Å². The lowest BCUT2D eigenvalue weighted by atomic mass is 10.2. The van der Waals surface area contributed by atoms with E-state index in [0.717, 1.165) is 5.56 Å². The number of amides is 2. The molecule has 10 heteroatoms. The second kappa shape index (κ2) is 10.5. The van der Waals surface area contributed by atoms with E-state index >= 15 is 0 Å². The van der Waals surface area contributed by atoms with E-state index < -0.39 is 16.1 Å². The summed E-state index contributed by atoms with van der Waals surface area (Å²) in [5, 5.41) is 5.42. The van der Waals surface area contributed by atoms with Crippen LogP contribution >= 0.6 is 0 Å². The molecule has 0 bridgehead atoms. The third-order valence-electron chi connectivity index (χ3n) is 4.44. The van der Waals surface area contributed by atoms with Gasteiger partial charge in [0.2, 0.25) is 21.8 Å². The van der Waals surface area contributed by atoms with E-state index in [0.29, 0.717) is 11.5 Å². The van der Waals surface area contributed by atoms with Crippen molar-refractivity contribution >= 4 is 33.3 Å². The molecule has 0 radical (unpaired) electrons. The third kappa shape index (κ3) is 7.42. The lowest BCUT2D eigenvalue weighted by molar-refractivity contribution is -0.122. The van der Waals surface area contributed by atoms with Gasteiger partial charge in [0.1, 0.15) is 5.82 Å². The zero-order valence-corrected chi connectivity index (χ0v) is 19.2. The minimum absolute atomic E-state index is 0.00218. The number of nitrogens with zero attached hydrogens (tertiary/aromatic N) is 2. The van der Waals surface area contributed by atoms with E-state index in [1.807, 2.05) is 13.0 Å². The molecular weight excluding hydrogens is 418 g/mol. The van der Waals surface area contributed by atoms with Crippen molar-refractivity contribution in [1.82, 2.24) is 14.6 Å². The predicted octanol–water partition coefficient (Wildman–Crippen LogP) is 1.97. The molecule has 0 spiro atoms. The number of carbonyl (C=O) groups excluding carboxylic acids is 2. The predicted molar refractivity (Wildman–Crippen MR) is 120 cm³/mol. The molecule has 0 aliphatic rings. The number of sulfonamides is 1. The lowest BCUT2D eigenvalue weighted by Crippen LogP contribution is -2.43. The molecule has 1 aromatic carbocycles. The number of pyridine rings is 1. The summed E-state index contributed by atoms with van der Waals surface area (Å²) in [6, 6.07) is 8.64. The summed E-state index contributed by atoms with van der Waals surface area (Å²) in [4.78, 5) is 30.6. The van der Waals surface area contributed by atoms with Crippen molar-refractivity contribution in [3.8, 4) is 0 Å². The number of anilines is 2. The van der Waals surface area contributed by atoms with E-state index in [2.05, 4.69) is 20.3 Å². The Labute approximate surface area is 183 Å². The summed E-state index contributed by atoms with van der Waals surface area (Å²) < 4.78 is 26.9. The standard InChI is InChI=1S/C21H29N5O4S/c1-14(2)25-31(29,30)18-9-7-17(8-10-18)23-21(28)16(4)26(5)13-20(27)24-19-11-6-15(3)12-22-19/h6-12,14,16,25H,13H2,1-5H3,(H,23,28)(H,22,24,27). The first-order valence-electron chi connectivity index (χ1n) is 9.84. The van der Waals surface area contributed by atoms with Gasteiger partial charge in [0.25, 0.3) is 0 Å². The van der Waals surface area contributed by atoms with E-state index in [9.17, 15) is 18.0 Å². The number of benzene rings is 1. The van der Waals surface area contributed by atoms with Gasteiger partial charge in [-0.05, 0) is 70.6 Å². The van der Waals surface area contributed by atoms with Crippen molar-refractivity contribution in [2.24, 2.45) is 0 Å². The average molecular weight is 448 g/mol. The van der Waals surface area contributed by atoms with Crippen LogP contribution in [0.2, 0.25) is 0 Å². The summed E-state index contributed by atoms with van der Waals surface area (Å²) in [6.07, 6.45) is 1.66. The van der Waals surface area contributed by atoms with Crippen LogP contribution < -0.4 is 15.4 Å². The zero-order valence-electron chi connectivity index (χ0n) is 18.3. The molecule has 1 heterocycles. The fourth-order valence-corrected chi connectivity index (χ4v) is 3.88. The molecule has 2 aromatic rings. The normalized spacial score (nSPS) is 12.6. The molecule has 1 aromatic heterocycles. The maximum Gasteiger partial charge on any atom is 0.241 e. The van der Waals surface area contributed by atoms with Crippen LogP contribution in [0.5, 0.6) is 0 Å². The highest BCUT2D eigenvalue weighted by Gasteiger charge is 2.21. The summed E-state index contributed by atoms with van der Waals surface area (Å²) in [5.74, 6) is -0.159. The Morgan fingerprint density at radius 2 is 1.68 bits per heavy atom. The van der Waals surface area contributed by atoms with Gasteiger partial charge in [0.05, 0.1) is 17.5 Å². The summed E-state index contributed by atoms with van der Waals surface area (Å²) in [7, 11) is -1.93. The van der Waals surface area contributed by atoms with Crippen LogP contribution in [0, 0.1) is 6.92 Å². The van der Waals surface area contributed by atoms with Crippen molar-refractivity contribution in [2.45, 2.75) is 44.7 Å². The van der Waals surface area contributed by atoms with Gasteiger partial charge in [-0.1, -0.05) is 6.07 Å².